The number of benzene rings is 1. The fraction of sp³-hybridized carbons (Fsp3) is 0.500. The van der Waals surface area contributed by atoms with E-state index in [0.717, 1.165) is 18.4 Å². The van der Waals surface area contributed by atoms with Gasteiger partial charge in [-0.05, 0) is 36.5 Å². The van der Waals surface area contributed by atoms with Crippen LogP contribution in [0.2, 0.25) is 0 Å². The second-order valence-corrected chi connectivity index (χ2v) is 5.57. The third kappa shape index (κ3) is 6.17. The van der Waals surface area contributed by atoms with Crippen LogP contribution in [0, 0.1) is 5.92 Å². The molecule has 0 radical (unpaired) electrons. The average molecular weight is 342 g/mol. The number of rotatable bonds is 5. The van der Waals surface area contributed by atoms with Crippen molar-refractivity contribution in [3.05, 3.63) is 29.8 Å². The Morgan fingerprint density at radius 3 is 2.43 bits per heavy atom. The molecule has 23 heavy (non-hydrogen) atoms. The zero-order valence-electron chi connectivity index (χ0n) is 13.2. The number of halogens is 1. The minimum absolute atomic E-state index is 0. The Morgan fingerprint density at radius 1 is 1.26 bits per heavy atom. The van der Waals surface area contributed by atoms with Crippen LogP contribution in [-0.2, 0) is 20.9 Å². The molecule has 0 aliphatic carbocycles. The lowest BCUT2D eigenvalue weighted by Gasteiger charge is -2.26. The third-order valence-electron chi connectivity index (χ3n) is 3.84. The van der Waals surface area contributed by atoms with E-state index < -0.39 is 6.04 Å². The van der Waals surface area contributed by atoms with Gasteiger partial charge in [0.1, 0.15) is 0 Å². The highest BCUT2D eigenvalue weighted by Gasteiger charge is 2.26. The lowest BCUT2D eigenvalue weighted by atomic mass is 9.92. The van der Waals surface area contributed by atoms with Gasteiger partial charge in [-0.2, -0.15) is 0 Å². The standard InChI is InChI=1S/C16H23N3O3.ClH/c1-11(20)18-10-12-2-4-14(5-3-12)19-16(21)15(17)13-6-8-22-9-7-13;/h2-5,13,15H,6-10,17H2,1H3,(H,18,20)(H,19,21);1H. The molecule has 1 aromatic rings. The van der Waals surface area contributed by atoms with E-state index in [2.05, 4.69) is 10.6 Å². The van der Waals surface area contributed by atoms with Crippen molar-refractivity contribution in [3.63, 3.8) is 0 Å². The van der Waals surface area contributed by atoms with Gasteiger partial charge in [-0.25, -0.2) is 0 Å². The highest BCUT2D eigenvalue weighted by atomic mass is 35.5. The number of nitrogens with one attached hydrogen (secondary N) is 2. The third-order valence-corrected chi connectivity index (χ3v) is 3.84. The number of amides is 2. The number of carbonyl (C=O) groups excluding carboxylic acids is 2. The highest BCUT2D eigenvalue weighted by molar-refractivity contribution is 5.94. The van der Waals surface area contributed by atoms with Gasteiger partial charge in [-0.3, -0.25) is 9.59 Å². The van der Waals surface area contributed by atoms with Gasteiger partial charge in [0, 0.05) is 32.4 Å². The molecule has 1 aliphatic rings. The van der Waals surface area contributed by atoms with Crippen LogP contribution in [0.4, 0.5) is 5.69 Å². The molecule has 0 bridgehead atoms. The topological polar surface area (TPSA) is 93.5 Å². The molecular formula is C16H24ClN3O3. The maximum Gasteiger partial charge on any atom is 0.241 e. The molecule has 1 fully saturated rings. The van der Waals surface area contributed by atoms with Gasteiger partial charge in [0.25, 0.3) is 0 Å². The smallest absolute Gasteiger partial charge is 0.241 e. The minimum Gasteiger partial charge on any atom is -0.381 e. The molecule has 1 saturated heterocycles. The van der Waals surface area contributed by atoms with Crippen LogP contribution < -0.4 is 16.4 Å². The number of hydrogen-bond donors (Lipinski definition) is 3. The molecule has 0 spiro atoms. The summed E-state index contributed by atoms with van der Waals surface area (Å²) >= 11 is 0. The molecule has 0 saturated carbocycles. The van der Waals surface area contributed by atoms with Crippen molar-refractivity contribution in [1.82, 2.24) is 5.32 Å². The summed E-state index contributed by atoms with van der Waals surface area (Å²) in [6, 6.07) is 6.84. The van der Waals surface area contributed by atoms with Crippen LogP contribution >= 0.6 is 12.4 Å². The molecule has 4 N–H and O–H groups in total. The summed E-state index contributed by atoms with van der Waals surface area (Å²) in [6.45, 7) is 3.30. The van der Waals surface area contributed by atoms with E-state index in [1.54, 1.807) is 0 Å². The first-order valence-electron chi connectivity index (χ1n) is 7.54. The minimum atomic E-state index is -0.511. The van der Waals surface area contributed by atoms with Crippen molar-refractivity contribution in [2.45, 2.75) is 32.4 Å². The maximum atomic E-state index is 12.2. The van der Waals surface area contributed by atoms with E-state index in [4.69, 9.17) is 10.5 Å². The van der Waals surface area contributed by atoms with E-state index in [1.165, 1.54) is 6.92 Å². The maximum absolute atomic E-state index is 12.2. The van der Waals surface area contributed by atoms with Crippen LogP contribution in [0.1, 0.15) is 25.3 Å². The monoisotopic (exact) mass is 341 g/mol. The lowest BCUT2D eigenvalue weighted by Crippen LogP contribution is -2.44. The molecule has 128 valence electrons. The number of carbonyl (C=O) groups is 2. The molecule has 1 aromatic carbocycles. The molecule has 2 rings (SSSR count). The quantitative estimate of drug-likeness (QED) is 0.755. The molecule has 1 atom stereocenters. The average Bonchev–Trinajstić information content (AvgIpc) is 2.54. The van der Waals surface area contributed by atoms with E-state index in [9.17, 15) is 9.59 Å². The Balaban J connectivity index is 0.00000264. The summed E-state index contributed by atoms with van der Waals surface area (Å²) in [5, 5.41) is 5.56. The molecule has 6 nitrogen and oxygen atoms in total. The molecule has 7 heteroatoms. The summed E-state index contributed by atoms with van der Waals surface area (Å²) in [7, 11) is 0. The zero-order chi connectivity index (χ0) is 15.9. The summed E-state index contributed by atoms with van der Waals surface area (Å²) in [4.78, 5) is 23.0. The van der Waals surface area contributed by atoms with Gasteiger partial charge >= 0.3 is 0 Å². The van der Waals surface area contributed by atoms with E-state index in [0.29, 0.717) is 25.4 Å². The Morgan fingerprint density at radius 2 is 1.87 bits per heavy atom. The fourth-order valence-corrected chi connectivity index (χ4v) is 2.45. The molecule has 1 heterocycles. The van der Waals surface area contributed by atoms with Crippen LogP contribution in [0.15, 0.2) is 24.3 Å². The van der Waals surface area contributed by atoms with Crippen molar-refractivity contribution in [1.29, 1.82) is 0 Å². The van der Waals surface area contributed by atoms with Crippen molar-refractivity contribution < 1.29 is 14.3 Å². The lowest BCUT2D eigenvalue weighted by molar-refractivity contribution is -0.120. The summed E-state index contributed by atoms with van der Waals surface area (Å²) in [5.74, 6) is -0.0610. The van der Waals surface area contributed by atoms with Gasteiger partial charge in [0.15, 0.2) is 0 Å². The van der Waals surface area contributed by atoms with E-state index in [-0.39, 0.29) is 30.1 Å². The van der Waals surface area contributed by atoms with Crippen molar-refractivity contribution in [2.75, 3.05) is 18.5 Å². The first-order valence-corrected chi connectivity index (χ1v) is 7.54. The number of ether oxygens (including phenoxy) is 1. The molecule has 1 unspecified atom stereocenters. The number of hydrogen-bond acceptors (Lipinski definition) is 4. The predicted molar refractivity (Wildman–Crippen MR) is 91.4 cm³/mol. The molecule has 2 amide bonds. The molecule has 1 aliphatic heterocycles. The first-order chi connectivity index (χ1) is 10.6. The number of nitrogens with two attached hydrogens (primary N) is 1. The SMILES string of the molecule is CC(=O)NCc1ccc(NC(=O)C(N)C2CCOCC2)cc1.Cl. The largest absolute Gasteiger partial charge is 0.381 e. The van der Waals surface area contributed by atoms with Crippen LogP contribution in [-0.4, -0.2) is 31.1 Å². The van der Waals surface area contributed by atoms with Crippen LogP contribution in [0.25, 0.3) is 0 Å². The van der Waals surface area contributed by atoms with Gasteiger partial charge in [0.2, 0.25) is 11.8 Å². The first kappa shape index (κ1) is 19.4. The van der Waals surface area contributed by atoms with Gasteiger partial charge in [-0.15, -0.1) is 12.4 Å². The Hall–Kier alpha value is -1.63. The normalized spacial score (nSPS) is 16.1. The van der Waals surface area contributed by atoms with Crippen LogP contribution in [0.5, 0.6) is 0 Å². The predicted octanol–water partition coefficient (Wildman–Crippen LogP) is 1.44. The van der Waals surface area contributed by atoms with Gasteiger partial charge in [0.05, 0.1) is 6.04 Å². The van der Waals surface area contributed by atoms with E-state index in [1.807, 2.05) is 24.3 Å². The summed E-state index contributed by atoms with van der Waals surface area (Å²) < 4.78 is 5.28. The van der Waals surface area contributed by atoms with Crippen LogP contribution in [0.3, 0.4) is 0 Å². The molecular weight excluding hydrogens is 318 g/mol. The molecule has 0 aromatic heterocycles. The highest BCUT2D eigenvalue weighted by Crippen LogP contribution is 2.19. The Kier molecular flexibility index (Phi) is 8.02. The van der Waals surface area contributed by atoms with Crippen molar-refractivity contribution >= 4 is 29.9 Å². The second kappa shape index (κ2) is 9.50. The zero-order valence-corrected chi connectivity index (χ0v) is 14.0. The number of anilines is 1. The Bertz CT molecular complexity index is 516. The van der Waals surface area contributed by atoms with Crippen molar-refractivity contribution in [2.24, 2.45) is 11.7 Å². The van der Waals surface area contributed by atoms with Crippen molar-refractivity contribution in [3.8, 4) is 0 Å². The van der Waals surface area contributed by atoms with Gasteiger partial charge in [-0.1, -0.05) is 12.1 Å². The van der Waals surface area contributed by atoms with E-state index >= 15 is 0 Å². The fourth-order valence-electron chi connectivity index (χ4n) is 2.45. The van der Waals surface area contributed by atoms with Gasteiger partial charge < -0.3 is 21.1 Å². The Labute approximate surface area is 142 Å². The summed E-state index contributed by atoms with van der Waals surface area (Å²) in [6.07, 6.45) is 1.65. The summed E-state index contributed by atoms with van der Waals surface area (Å²) in [5.41, 5.74) is 7.72. The second-order valence-electron chi connectivity index (χ2n) is 5.57.